The van der Waals surface area contributed by atoms with Crippen LogP contribution in [0.4, 0.5) is 5.69 Å². The molecule has 0 aliphatic carbocycles. The SMILES string of the molecule is CC(=O)Nc1ccc(OCCOCCOCCOCCOC(C)=O)cc1. The second kappa shape index (κ2) is 14.1. The number of carbonyl (C=O) groups excluding carboxylic acids is 2. The van der Waals surface area contributed by atoms with Gasteiger partial charge in [0.1, 0.15) is 19.0 Å². The van der Waals surface area contributed by atoms with E-state index >= 15 is 0 Å². The smallest absolute Gasteiger partial charge is 0.302 e. The molecule has 0 aromatic heterocycles. The molecule has 0 atom stereocenters. The molecule has 1 amide bonds. The van der Waals surface area contributed by atoms with Crippen molar-refractivity contribution in [1.29, 1.82) is 0 Å². The van der Waals surface area contributed by atoms with E-state index < -0.39 is 0 Å². The molecule has 0 heterocycles. The van der Waals surface area contributed by atoms with Crippen LogP contribution in [0.15, 0.2) is 24.3 Å². The molecule has 1 aromatic carbocycles. The van der Waals surface area contributed by atoms with E-state index in [1.54, 1.807) is 24.3 Å². The Bertz CT molecular complexity index is 519. The van der Waals surface area contributed by atoms with Crippen molar-refractivity contribution in [1.82, 2.24) is 0 Å². The molecule has 0 saturated carbocycles. The summed E-state index contributed by atoms with van der Waals surface area (Å²) < 4.78 is 26.2. The summed E-state index contributed by atoms with van der Waals surface area (Å²) in [6.07, 6.45) is 0. The molecule has 1 aromatic rings. The summed E-state index contributed by atoms with van der Waals surface area (Å²) in [5, 5.41) is 2.69. The van der Waals surface area contributed by atoms with E-state index in [0.29, 0.717) is 52.0 Å². The molecule has 0 spiro atoms. The van der Waals surface area contributed by atoms with Gasteiger partial charge in [0.25, 0.3) is 0 Å². The van der Waals surface area contributed by atoms with Crippen LogP contribution in [0.3, 0.4) is 0 Å². The lowest BCUT2D eigenvalue weighted by Crippen LogP contribution is -2.14. The highest BCUT2D eigenvalue weighted by Crippen LogP contribution is 2.15. The molecule has 0 fully saturated rings. The number of ether oxygens (including phenoxy) is 5. The maximum atomic E-state index is 10.9. The number of rotatable bonds is 14. The van der Waals surface area contributed by atoms with Crippen LogP contribution >= 0.6 is 0 Å². The van der Waals surface area contributed by atoms with Crippen LogP contribution in [0.1, 0.15) is 13.8 Å². The molecule has 0 saturated heterocycles. The summed E-state index contributed by atoms with van der Waals surface area (Å²) in [5.74, 6) is 0.292. The number of hydrogen-bond donors (Lipinski definition) is 1. The first-order valence-corrected chi connectivity index (χ1v) is 8.45. The zero-order chi connectivity index (χ0) is 19.0. The Balaban J connectivity index is 1.89. The van der Waals surface area contributed by atoms with Gasteiger partial charge in [-0.3, -0.25) is 9.59 Å². The number of hydrogen-bond acceptors (Lipinski definition) is 7. The summed E-state index contributed by atoms with van der Waals surface area (Å²) in [6, 6.07) is 7.13. The Morgan fingerprint density at radius 2 is 1.27 bits per heavy atom. The third kappa shape index (κ3) is 12.2. The number of esters is 1. The van der Waals surface area contributed by atoms with Gasteiger partial charge in [0.05, 0.1) is 39.6 Å². The van der Waals surface area contributed by atoms with Gasteiger partial charge in [-0.25, -0.2) is 0 Å². The average Bonchev–Trinajstić information content (AvgIpc) is 2.59. The van der Waals surface area contributed by atoms with Crippen molar-refractivity contribution in [3.8, 4) is 5.75 Å². The molecule has 8 nitrogen and oxygen atoms in total. The van der Waals surface area contributed by atoms with E-state index in [1.807, 2.05) is 0 Å². The van der Waals surface area contributed by atoms with Crippen molar-refractivity contribution >= 4 is 17.6 Å². The number of carbonyl (C=O) groups is 2. The third-order valence-electron chi connectivity index (χ3n) is 2.95. The molecule has 0 radical (unpaired) electrons. The summed E-state index contributed by atoms with van der Waals surface area (Å²) in [5.41, 5.74) is 0.730. The first kappa shape index (κ1) is 21.9. The largest absolute Gasteiger partial charge is 0.491 e. The zero-order valence-corrected chi connectivity index (χ0v) is 15.3. The molecule has 0 unspecified atom stereocenters. The maximum Gasteiger partial charge on any atom is 0.302 e. The fourth-order valence-corrected chi connectivity index (χ4v) is 1.84. The van der Waals surface area contributed by atoms with Gasteiger partial charge in [-0.1, -0.05) is 0 Å². The van der Waals surface area contributed by atoms with Crippen LogP contribution in [-0.2, 0) is 28.5 Å². The van der Waals surface area contributed by atoms with Gasteiger partial charge in [0, 0.05) is 19.5 Å². The van der Waals surface area contributed by atoms with Crippen LogP contribution in [0.25, 0.3) is 0 Å². The topological polar surface area (TPSA) is 92.3 Å². The molecule has 26 heavy (non-hydrogen) atoms. The molecule has 146 valence electrons. The van der Waals surface area contributed by atoms with E-state index in [1.165, 1.54) is 13.8 Å². The monoisotopic (exact) mass is 369 g/mol. The van der Waals surface area contributed by atoms with E-state index in [2.05, 4.69) is 5.32 Å². The van der Waals surface area contributed by atoms with E-state index in [9.17, 15) is 9.59 Å². The number of nitrogens with one attached hydrogen (secondary N) is 1. The molecule has 1 N–H and O–H groups in total. The second-order valence-electron chi connectivity index (χ2n) is 5.23. The third-order valence-corrected chi connectivity index (χ3v) is 2.95. The Hall–Kier alpha value is -2.16. The number of anilines is 1. The molecule has 1 rings (SSSR count). The van der Waals surface area contributed by atoms with Gasteiger partial charge in [-0.05, 0) is 24.3 Å². The maximum absolute atomic E-state index is 10.9. The lowest BCUT2D eigenvalue weighted by molar-refractivity contribution is -0.142. The Morgan fingerprint density at radius 1 is 0.769 bits per heavy atom. The predicted octanol–water partition coefficient (Wildman–Crippen LogP) is 1.64. The van der Waals surface area contributed by atoms with Crippen LogP contribution in [0.5, 0.6) is 5.75 Å². The summed E-state index contributed by atoms with van der Waals surface area (Å²) >= 11 is 0. The van der Waals surface area contributed by atoms with E-state index in [4.69, 9.17) is 23.7 Å². The normalized spacial score (nSPS) is 10.4. The highest BCUT2D eigenvalue weighted by Gasteiger charge is 1.98. The summed E-state index contributed by atoms with van der Waals surface area (Å²) in [4.78, 5) is 21.4. The van der Waals surface area contributed by atoms with Crippen molar-refractivity contribution in [2.45, 2.75) is 13.8 Å². The molecular weight excluding hydrogens is 342 g/mol. The Labute approximate surface area is 153 Å². The van der Waals surface area contributed by atoms with E-state index in [-0.39, 0.29) is 18.5 Å². The number of amides is 1. The van der Waals surface area contributed by atoms with Gasteiger partial charge in [0.15, 0.2) is 0 Å². The van der Waals surface area contributed by atoms with Crippen LogP contribution in [0, 0.1) is 0 Å². The second-order valence-corrected chi connectivity index (χ2v) is 5.23. The van der Waals surface area contributed by atoms with Gasteiger partial charge in [-0.2, -0.15) is 0 Å². The minimum atomic E-state index is -0.312. The lowest BCUT2D eigenvalue weighted by atomic mass is 10.3. The average molecular weight is 369 g/mol. The quantitative estimate of drug-likeness (QED) is 0.394. The molecule has 0 aliphatic rings. The first-order chi connectivity index (χ1) is 12.6. The minimum Gasteiger partial charge on any atom is -0.491 e. The lowest BCUT2D eigenvalue weighted by Gasteiger charge is -2.09. The summed E-state index contributed by atoms with van der Waals surface area (Å²) in [7, 11) is 0. The fourth-order valence-electron chi connectivity index (χ4n) is 1.84. The van der Waals surface area contributed by atoms with Crippen molar-refractivity contribution < 1.29 is 33.3 Å². The zero-order valence-electron chi connectivity index (χ0n) is 15.3. The Kier molecular flexibility index (Phi) is 11.8. The van der Waals surface area contributed by atoms with Crippen LogP contribution in [-0.4, -0.2) is 64.7 Å². The van der Waals surface area contributed by atoms with Gasteiger partial charge >= 0.3 is 5.97 Å². The molecular formula is C18H27NO7. The van der Waals surface area contributed by atoms with E-state index in [0.717, 1.165) is 5.69 Å². The molecule has 0 aliphatic heterocycles. The number of benzene rings is 1. The Morgan fingerprint density at radius 3 is 1.77 bits per heavy atom. The van der Waals surface area contributed by atoms with Gasteiger partial charge < -0.3 is 29.0 Å². The van der Waals surface area contributed by atoms with Crippen molar-refractivity contribution in [2.24, 2.45) is 0 Å². The predicted molar refractivity (Wildman–Crippen MR) is 95.3 cm³/mol. The summed E-state index contributed by atoms with van der Waals surface area (Å²) in [6.45, 7) is 6.17. The van der Waals surface area contributed by atoms with Crippen molar-refractivity contribution in [3.63, 3.8) is 0 Å². The minimum absolute atomic E-state index is 0.108. The highest BCUT2D eigenvalue weighted by molar-refractivity contribution is 5.88. The first-order valence-electron chi connectivity index (χ1n) is 8.45. The molecule has 8 heteroatoms. The van der Waals surface area contributed by atoms with Crippen molar-refractivity contribution in [2.75, 3.05) is 58.2 Å². The van der Waals surface area contributed by atoms with Crippen molar-refractivity contribution in [3.05, 3.63) is 24.3 Å². The van der Waals surface area contributed by atoms with Crippen LogP contribution in [0.2, 0.25) is 0 Å². The standard InChI is InChI=1S/C18H27NO7/c1-15(20)19-17-3-5-18(6-4-17)26-14-12-24-10-8-22-7-9-23-11-13-25-16(2)21/h3-6H,7-14H2,1-2H3,(H,19,20). The van der Waals surface area contributed by atoms with Gasteiger partial charge in [0.2, 0.25) is 5.91 Å². The highest BCUT2D eigenvalue weighted by atomic mass is 16.6. The fraction of sp³-hybridized carbons (Fsp3) is 0.556. The van der Waals surface area contributed by atoms with Crippen LogP contribution < -0.4 is 10.1 Å². The van der Waals surface area contributed by atoms with Gasteiger partial charge in [-0.15, -0.1) is 0 Å². The molecule has 0 bridgehead atoms.